The summed E-state index contributed by atoms with van der Waals surface area (Å²) in [6, 6.07) is 5.32. The first-order valence-corrected chi connectivity index (χ1v) is 6.71. The minimum atomic E-state index is -0.616. The highest BCUT2D eigenvalue weighted by atomic mass is 16.5. The molecule has 1 amide bonds. The van der Waals surface area contributed by atoms with Gasteiger partial charge in [-0.1, -0.05) is 11.6 Å². The third-order valence-corrected chi connectivity index (χ3v) is 3.27. The van der Waals surface area contributed by atoms with Crippen LogP contribution >= 0.6 is 0 Å². The molecule has 5 heteroatoms. The lowest BCUT2D eigenvalue weighted by Gasteiger charge is -2.29. The Kier molecular flexibility index (Phi) is 4.74. The number of nitrogens with zero attached hydrogens (tertiary/aromatic N) is 1. The number of amides is 1. The maximum absolute atomic E-state index is 12.2. The van der Waals surface area contributed by atoms with Crippen LogP contribution in [0.25, 0.3) is 0 Å². The Morgan fingerprint density at radius 1 is 1.40 bits per heavy atom. The Hall–Kier alpha value is -1.88. The first-order chi connectivity index (χ1) is 9.61. The van der Waals surface area contributed by atoms with Crippen LogP contribution in [0, 0.1) is 6.92 Å². The zero-order valence-corrected chi connectivity index (χ0v) is 11.8. The zero-order valence-electron chi connectivity index (χ0n) is 11.8. The summed E-state index contributed by atoms with van der Waals surface area (Å²) in [4.78, 5) is 25.0. The van der Waals surface area contributed by atoms with Crippen LogP contribution in [0.5, 0.6) is 5.75 Å². The van der Waals surface area contributed by atoms with E-state index in [1.54, 1.807) is 24.0 Å². The maximum Gasteiger partial charge on any atom is 0.263 e. The molecule has 1 aliphatic heterocycles. The maximum atomic E-state index is 12.2. The molecule has 1 fully saturated rings. The molecule has 0 aliphatic carbocycles. The molecule has 0 saturated carbocycles. The predicted octanol–water partition coefficient (Wildman–Crippen LogP) is 1.43. The van der Waals surface area contributed by atoms with E-state index in [-0.39, 0.29) is 5.91 Å². The van der Waals surface area contributed by atoms with Crippen LogP contribution in [0.3, 0.4) is 0 Å². The van der Waals surface area contributed by atoms with Gasteiger partial charge in [-0.25, -0.2) is 0 Å². The second-order valence-corrected chi connectivity index (χ2v) is 4.86. The quantitative estimate of drug-likeness (QED) is 0.781. The van der Waals surface area contributed by atoms with Gasteiger partial charge in [-0.15, -0.1) is 0 Å². The van der Waals surface area contributed by atoms with E-state index in [0.717, 1.165) is 11.8 Å². The lowest BCUT2D eigenvalue weighted by Crippen LogP contribution is -2.46. The lowest BCUT2D eigenvalue weighted by molar-refractivity contribution is -0.142. The molecule has 0 N–H and O–H groups in total. The van der Waals surface area contributed by atoms with Crippen molar-refractivity contribution in [2.75, 3.05) is 26.3 Å². The number of hydrogen-bond acceptors (Lipinski definition) is 4. The van der Waals surface area contributed by atoms with Crippen molar-refractivity contribution < 1.29 is 19.1 Å². The van der Waals surface area contributed by atoms with Crippen LogP contribution in [0.1, 0.15) is 22.8 Å². The summed E-state index contributed by atoms with van der Waals surface area (Å²) in [6.07, 6.45) is 0.128. The third-order valence-electron chi connectivity index (χ3n) is 3.27. The second kappa shape index (κ2) is 6.52. The van der Waals surface area contributed by atoms with E-state index < -0.39 is 6.10 Å². The fourth-order valence-electron chi connectivity index (χ4n) is 2.15. The van der Waals surface area contributed by atoms with Gasteiger partial charge < -0.3 is 14.4 Å². The SMILES string of the molecule is Cc1ccc(OC(C)C(=O)N2CCOCC2)c(C=O)c1. The van der Waals surface area contributed by atoms with Crippen molar-refractivity contribution in [1.29, 1.82) is 0 Å². The molecule has 0 bridgehead atoms. The van der Waals surface area contributed by atoms with E-state index in [1.807, 2.05) is 13.0 Å². The average molecular weight is 277 g/mol. The average Bonchev–Trinajstić information content (AvgIpc) is 2.49. The third kappa shape index (κ3) is 3.36. The number of morpholine rings is 1. The first-order valence-electron chi connectivity index (χ1n) is 6.71. The number of carbonyl (C=O) groups excluding carboxylic acids is 2. The van der Waals surface area contributed by atoms with E-state index in [0.29, 0.717) is 37.6 Å². The van der Waals surface area contributed by atoms with Crippen molar-refractivity contribution in [3.63, 3.8) is 0 Å². The predicted molar refractivity (Wildman–Crippen MR) is 74.1 cm³/mol. The summed E-state index contributed by atoms with van der Waals surface area (Å²) < 4.78 is 10.9. The van der Waals surface area contributed by atoms with Crippen LogP contribution in [0.4, 0.5) is 0 Å². The molecule has 1 aliphatic rings. The first kappa shape index (κ1) is 14.5. The van der Waals surface area contributed by atoms with E-state index in [9.17, 15) is 9.59 Å². The van der Waals surface area contributed by atoms with Crippen molar-refractivity contribution in [3.8, 4) is 5.75 Å². The highest BCUT2D eigenvalue weighted by Crippen LogP contribution is 2.20. The van der Waals surface area contributed by atoms with Crippen LogP contribution < -0.4 is 4.74 Å². The zero-order chi connectivity index (χ0) is 14.5. The largest absolute Gasteiger partial charge is 0.480 e. The number of aldehydes is 1. The summed E-state index contributed by atoms with van der Waals surface area (Å²) in [7, 11) is 0. The molecule has 0 aromatic heterocycles. The van der Waals surface area contributed by atoms with Gasteiger partial charge in [0, 0.05) is 13.1 Å². The Morgan fingerprint density at radius 3 is 2.75 bits per heavy atom. The van der Waals surface area contributed by atoms with E-state index in [1.165, 1.54) is 0 Å². The topological polar surface area (TPSA) is 55.8 Å². The lowest BCUT2D eigenvalue weighted by atomic mass is 10.1. The fourth-order valence-corrected chi connectivity index (χ4v) is 2.15. The molecule has 1 heterocycles. The molecule has 20 heavy (non-hydrogen) atoms. The Bertz CT molecular complexity index is 495. The summed E-state index contributed by atoms with van der Waals surface area (Å²) >= 11 is 0. The van der Waals surface area contributed by atoms with Crippen molar-refractivity contribution in [1.82, 2.24) is 4.90 Å². The molecule has 1 aromatic rings. The van der Waals surface area contributed by atoms with Crippen molar-refractivity contribution in [3.05, 3.63) is 29.3 Å². The summed E-state index contributed by atoms with van der Waals surface area (Å²) in [5.74, 6) is 0.366. The number of hydrogen-bond donors (Lipinski definition) is 0. The van der Waals surface area contributed by atoms with Gasteiger partial charge in [0.2, 0.25) is 0 Å². The highest BCUT2D eigenvalue weighted by Gasteiger charge is 2.24. The molecule has 108 valence electrons. The number of rotatable bonds is 4. The molecule has 2 rings (SSSR count). The van der Waals surface area contributed by atoms with Crippen LogP contribution in [-0.2, 0) is 9.53 Å². The molecule has 1 atom stereocenters. The van der Waals surface area contributed by atoms with E-state index in [4.69, 9.17) is 9.47 Å². The smallest absolute Gasteiger partial charge is 0.263 e. The summed E-state index contributed by atoms with van der Waals surface area (Å²) in [5, 5.41) is 0. The molecule has 5 nitrogen and oxygen atoms in total. The number of benzene rings is 1. The number of aryl methyl sites for hydroxylation is 1. The molecule has 0 radical (unpaired) electrons. The van der Waals surface area contributed by atoms with Gasteiger partial charge in [0.05, 0.1) is 18.8 Å². The van der Waals surface area contributed by atoms with Crippen molar-refractivity contribution >= 4 is 12.2 Å². The molecular formula is C15H19NO4. The summed E-state index contributed by atoms with van der Waals surface area (Å²) in [5.41, 5.74) is 1.44. The Labute approximate surface area is 118 Å². The van der Waals surface area contributed by atoms with Gasteiger partial charge >= 0.3 is 0 Å². The monoisotopic (exact) mass is 277 g/mol. The van der Waals surface area contributed by atoms with Crippen LogP contribution in [0.2, 0.25) is 0 Å². The van der Waals surface area contributed by atoms with Gasteiger partial charge in [-0.2, -0.15) is 0 Å². The van der Waals surface area contributed by atoms with E-state index in [2.05, 4.69) is 0 Å². The van der Waals surface area contributed by atoms with Crippen LogP contribution in [0.15, 0.2) is 18.2 Å². The molecular weight excluding hydrogens is 258 g/mol. The minimum absolute atomic E-state index is 0.0780. The molecule has 0 spiro atoms. The highest BCUT2D eigenvalue weighted by molar-refractivity contribution is 5.82. The Morgan fingerprint density at radius 2 is 2.10 bits per heavy atom. The molecule has 1 unspecified atom stereocenters. The van der Waals surface area contributed by atoms with Crippen molar-refractivity contribution in [2.24, 2.45) is 0 Å². The van der Waals surface area contributed by atoms with Gasteiger partial charge in [0.15, 0.2) is 12.4 Å². The van der Waals surface area contributed by atoms with Gasteiger partial charge in [-0.3, -0.25) is 9.59 Å². The van der Waals surface area contributed by atoms with E-state index >= 15 is 0 Å². The van der Waals surface area contributed by atoms with Gasteiger partial charge in [0.1, 0.15) is 5.75 Å². The standard InChI is InChI=1S/C15H19NO4/c1-11-3-4-14(13(9-11)10-17)20-12(2)15(18)16-5-7-19-8-6-16/h3-4,9-10,12H,5-8H2,1-2H3. The second-order valence-electron chi connectivity index (χ2n) is 4.86. The van der Waals surface area contributed by atoms with Gasteiger partial charge in [-0.05, 0) is 26.0 Å². The molecule has 1 saturated heterocycles. The van der Waals surface area contributed by atoms with Gasteiger partial charge in [0.25, 0.3) is 5.91 Å². The fraction of sp³-hybridized carbons (Fsp3) is 0.467. The molecule has 1 aromatic carbocycles. The summed E-state index contributed by atoms with van der Waals surface area (Å²) in [6.45, 7) is 5.89. The van der Waals surface area contributed by atoms with Crippen molar-refractivity contribution in [2.45, 2.75) is 20.0 Å². The minimum Gasteiger partial charge on any atom is -0.480 e. The normalized spacial score (nSPS) is 16.6. The number of ether oxygens (including phenoxy) is 2. The number of carbonyl (C=O) groups is 2. The Balaban J connectivity index is 2.05. The van der Waals surface area contributed by atoms with Crippen LogP contribution in [-0.4, -0.2) is 49.5 Å².